The van der Waals surface area contributed by atoms with Gasteiger partial charge in [-0.05, 0) is 12.1 Å². The first-order valence-corrected chi connectivity index (χ1v) is 6.41. The van der Waals surface area contributed by atoms with Gasteiger partial charge in [-0.2, -0.15) is 0 Å². The van der Waals surface area contributed by atoms with E-state index in [9.17, 15) is 4.79 Å². The van der Waals surface area contributed by atoms with Crippen molar-refractivity contribution in [2.75, 3.05) is 7.11 Å². The SMILES string of the molecule is COc1ccccc1-c1ccc(=O)n(-c2cncnc2)c1. The number of aromatic nitrogens is 3. The molecule has 0 N–H and O–H groups in total. The van der Waals surface area contributed by atoms with E-state index in [0.717, 1.165) is 16.9 Å². The molecule has 2 heterocycles. The minimum Gasteiger partial charge on any atom is -0.496 e. The predicted molar refractivity (Wildman–Crippen MR) is 79.6 cm³/mol. The van der Waals surface area contributed by atoms with Gasteiger partial charge in [-0.3, -0.25) is 9.36 Å². The second kappa shape index (κ2) is 5.58. The van der Waals surface area contributed by atoms with Crippen molar-refractivity contribution in [3.63, 3.8) is 0 Å². The molecule has 104 valence electrons. The first-order chi connectivity index (χ1) is 10.3. The van der Waals surface area contributed by atoms with Gasteiger partial charge in [0.2, 0.25) is 0 Å². The van der Waals surface area contributed by atoms with Crippen molar-refractivity contribution in [1.82, 2.24) is 14.5 Å². The van der Waals surface area contributed by atoms with Crippen LogP contribution in [0, 0.1) is 0 Å². The highest BCUT2D eigenvalue weighted by Gasteiger charge is 2.07. The third kappa shape index (κ3) is 2.53. The highest BCUT2D eigenvalue weighted by atomic mass is 16.5. The molecular formula is C16H13N3O2. The van der Waals surface area contributed by atoms with Crippen LogP contribution in [-0.4, -0.2) is 21.6 Å². The van der Waals surface area contributed by atoms with Gasteiger partial charge in [0.25, 0.3) is 5.56 Å². The Bertz CT molecular complexity index is 813. The van der Waals surface area contributed by atoms with Crippen LogP contribution < -0.4 is 10.3 Å². The molecule has 0 spiro atoms. The van der Waals surface area contributed by atoms with Gasteiger partial charge in [-0.25, -0.2) is 9.97 Å². The van der Waals surface area contributed by atoms with Gasteiger partial charge in [0.1, 0.15) is 12.1 Å². The van der Waals surface area contributed by atoms with E-state index in [4.69, 9.17) is 4.74 Å². The minimum atomic E-state index is -0.136. The standard InChI is InChI=1S/C16H13N3O2/c1-21-15-5-3-2-4-14(15)12-6-7-16(20)19(10-12)13-8-17-11-18-9-13/h2-11H,1H3. The van der Waals surface area contributed by atoms with Crippen molar-refractivity contribution in [3.8, 4) is 22.6 Å². The van der Waals surface area contributed by atoms with E-state index in [1.165, 1.54) is 17.0 Å². The molecule has 0 bridgehead atoms. The molecule has 2 aromatic heterocycles. The molecule has 1 aromatic carbocycles. The number of nitrogens with zero attached hydrogens (tertiary/aromatic N) is 3. The fourth-order valence-corrected chi connectivity index (χ4v) is 2.15. The summed E-state index contributed by atoms with van der Waals surface area (Å²) >= 11 is 0. The Labute approximate surface area is 121 Å². The van der Waals surface area contributed by atoms with E-state index in [1.807, 2.05) is 24.3 Å². The Morgan fingerprint density at radius 2 is 1.81 bits per heavy atom. The van der Waals surface area contributed by atoms with Gasteiger partial charge >= 0.3 is 0 Å². The Balaban J connectivity index is 2.16. The first kappa shape index (κ1) is 13.1. The number of hydrogen-bond donors (Lipinski definition) is 0. The van der Waals surface area contributed by atoms with Crippen LogP contribution in [0.15, 0.2) is 66.1 Å². The summed E-state index contributed by atoms with van der Waals surface area (Å²) in [5.41, 5.74) is 2.30. The molecule has 0 aliphatic heterocycles. The van der Waals surface area contributed by atoms with Crippen molar-refractivity contribution in [2.45, 2.75) is 0 Å². The number of hydrogen-bond acceptors (Lipinski definition) is 4. The Morgan fingerprint density at radius 1 is 1.05 bits per heavy atom. The van der Waals surface area contributed by atoms with Gasteiger partial charge < -0.3 is 4.74 Å². The van der Waals surface area contributed by atoms with Crippen LogP contribution in [0.5, 0.6) is 5.75 Å². The monoisotopic (exact) mass is 279 g/mol. The summed E-state index contributed by atoms with van der Waals surface area (Å²) in [5, 5.41) is 0. The number of rotatable bonds is 3. The normalized spacial score (nSPS) is 10.3. The quantitative estimate of drug-likeness (QED) is 0.738. The molecular weight excluding hydrogens is 266 g/mol. The molecule has 3 aromatic rings. The zero-order valence-electron chi connectivity index (χ0n) is 11.4. The predicted octanol–water partition coefficient (Wildman–Crippen LogP) is 2.30. The van der Waals surface area contributed by atoms with Crippen LogP contribution in [0.2, 0.25) is 0 Å². The van der Waals surface area contributed by atoms with E-state index >= 15 is 0 Å². The van der Waals surface area contributed by atoms with Gasteiger partial charge in [0.15, 0.2) is 0 Å². The maximum absolute atomic E-state index is 12.0. The maximum atomic E-state index is 12.0. The molecule has 0 saturated carbocycles. The van der Waals surface area contributed by atoms with Crippen LogP contribution in [0.4, 0.5) is 0 Å². The Kier molecular flexibility index (Phi) is 3.47. The lowest BCUT2D eigenvalue weighted by atomic mass is 10.1. The molecule has 0 fully saturated rings. The van der Waals surface area contributed by atoms with E-state index in [-0.39, 0.29) is 5.56 Å². The third-order valence-corrected chi connectivity index (χ3v) is 3.15. The number of methoxy groups -OCH3 is 1. The second-order valence-electron chi connectivity index (χ2n) is 4.42. The summed E-state index contributed by atoms with van der Waals surface area (Å²) in [6.07, 6.45) is 6.39. The highest BCUT2D eigenvalue weighted by molar-refractivity contribution is 5.69. The molecule has 3 rings (SSSR count). The number of para-hydroxylation sites is 1. The van der Waals surface area contributed by atoms with E-state index in [1.54, 1.807) is 31.8 Å². The average molecular weight is 279 g/mol. The summed E-state index contributed by atoms with van der Waals surface area (Å²) in [6.45, 7) is 0. The van der Waals surface area contributed by atoms with Gasteiger partial charge in [-0.1, -0.05) is 18.2 Å². The fraction of sp³-hybridized carbons (Fsp3) is 0.0625. The van der Waals surface area contributed by atoms with Crippen molar-refractivity contribution in [2.24, 2.45) is 0 Å². The molecule has 0 saturated heterocycles. The molecule has 5 nitrogen and oxygen atoms in total. The van der Waals surface area contributed by atoms with Crippen LogP contribution in [-0.2, 0) is 0 Å². The Morgan fingerprint density at radius 3 is 2.57 bits per heavy atom. The van der Waals surface area contributed by atoms with Crippen molar-refractivity contribution in [3.05, 3.63) is 71.7 Å². The Hall–Kier alpha value is -2.95. The summed E-state index contributed by atoms with van der Waals surface area (Å²) in [6, 6.07) is 11.0. The summed E-state index contributed by atoms with van der Waals surface area (Å²) in [4.78, 5) is 19.9. The van der Waals surface area contributed by atoms with E-state index in [2.05, 4.69) is 9.97 Å². The largest absolute Gasteiger partial charge is 0.496 e. The topological polar surface area (TPSA) is 57.0 Å². The average Bonchev–Trinajstić information content (AvgIpc) is 2.56. The van der Waals surface area contributed by atoms with Crippen LogP contribution in [0.1, 0.15) is 0 Å². The van der Waals surface area contributed by atoms with Gasteiger partial charge in [0, 0.05) is 23.4 Å². The number of ether oxygens (including phenoxy) is 1. The minimum absolute atomic E-state index is 0.136. The van der Waals surface area contributed by atoms with Crippen molar-refractivity contribution < 1.29 is 4.74 Å². The fourth-order valence-electron chi connectivity index (χ4n) is 2.15. The zero-order chi connectivity index (χ0) is 14.7. The van der Waals surface area contributed by atoms with Gasteiger partial charge in [-0.15, -0.1) is 0 Å². The first-order valence-electron chi connectivity index (χ1n) is 6.41. The van der Waals surface area contributed by atoms with Crippen LogP contribution in [0.25, 0.3) is 16.8 Å². The summed E-state index contributed by atoms with van der Waals surface area (Å²) in [7, 11) is 1.62. The van der Waals surface area contributed by atoms with Crippen molar-refractivity contribution >= 4 is 0 Å². The lowest BCUT2D eigenvalue weighted by molar-refractivity contribution is 0.416. The molecule has 0 aliphatic carbocycles. The third-order valence-electron chi connectivity index (χ3n) is 3.15. The van der Waals surface area contributed by atoms with E-state index < -0.39 is 0 Å². The lowest BCUT2D eigenvalue weighted by Gasteiger charge is -2.10. The molecule has 0 unspecified atom stereocenters. The summed E-state index contributed by atoms with van der Waals surface area (Å²) in [5.74, 6) is 0.756. The van der Waals surface area contributed by atoms with Gasteiger partial charge in [0.05, 0.1) is 25.2 Å². The molecule has 0 radical (unpaired) electrons. The zero-order valence-corrected chi connectivity index (χ0v) is 11.4. The number of benzene rings is 1. The number of pyridine rings is 1. The second-order valence-corrected chi connectivity index (χ2v) is 4.42. The van der Waals surface area contributed by atoms with Crippen LogP contribution in [0.3, 0.4) is 0 Å². The van der Waals surface area contributed by atoms with Crippen molar-refractivity contribution in [1.29, 1.82) is 0 Å². The van der Waals surface area contributed by atoms with E-state index in [0.29, 0.717) is 5.69 Å². The highest BCUT2D eigenvalue weighted by Crippen LogP contribution is 2.28. The molecule has 0 aliphatic rings. The molecule has 5 heteroatoms. The van der Waals surface area contributed by atoms with Crippen LogP contribution >= 0.6 is 0 Å². The smallest absolute Gasteiger partial charge is 0.255 e. The molecule has 0 amide bonds. The lowest BCUT2D eigenvalue weighted by Crippen LogP contribution is -2.16. The summed E-state index contributed by atoms with van der Waals surface area (Å²) < 4.78 is 6.88. The maximum Gasteiger partial charge on any atom is 0.255 e. The molecule has 0 atom stereocenters. The molecule has 21 heavy (non-hydrogen) atoms.